The summed E-state index contributed by atoms with van der Waals surface area (Å²) in [7, 11) is 0. The number of benzene rings is 5. The Hall–Kier alpha value is -4.78. The number of aliphatic hydroxyl groups excluding tert-OH is 3. The average Bonchev–Trinajstić information content (AvgIpc) is 3.32. The zero-order chi connectivity index (χ0) is 43.0. The van der Waals surface area contributed by atoms with E-state index in [1.807, 2.05) is 24.3 Å². The summed E-state index contributed by atoms with van der Waals surface area (Å²) in [5, 5.41) is 32.9. The average molecular weight is 853 g/mol. The van der Waals surface area contributed by atoms with Crippen molar-refractivity contribution in [3.8, 4) is 11.5 Å². The van der Waals surface area contributed by atoms with E-state index in [-0.39, 0.29) is 25.2 Å². The summed E-state index contributed by atoms with van der Waals surface area (Å²) < 4.78 is 18.3. The van der Waals surface area contributed by atoms with Crippen LogP contribution in [-0.2, 0) is 37.2 Å². The van der Waals surface area contributed by atoms with E-state index in [1.165, 1.54) is 44.6 Å². The molecule has 0 aromatic heterocycles. The monoisotopic (exact) mass is 852 g/mol. The molecule has 0 saturated carbocycles. The molecule has 3 N–H and O–H groups in total. The maximum absolute atomic E-state index is 11.2. The highest BCUT2D eigenvalue weighted by Crippen LogP contribution is 2.36. The third-order valence-corrected chi connectivity index (χ3v) is 13.3. The van der Waals surface area contributed by atoms with E-state index in [0.717, 1.165) is 78.0 Å². The molecule has 5 unspecified atom stereocenters. The van der Waals surface area contributed by atoms with Gasteiger partial charge in [0.1, 0.15) is 36.9 Å². The summed E-state index contributed by atoms with van der Waals surface area (Å²) in [6, 6.07) is 42.2. The molecule has 4 heterocycles. The number of hydrogen-bond donors (Lipinski definition) is 3. The zero-order valence-corrected chi connectivity index (χ0v) is 36.5. The maximum atomic E-state index is 11.2. The Balaban J connectivity index is 0.737. The van der Waals surface area contributed by atoms with Gasteiger partial charge in [0, 0.05) is 83.6 Å². The molecule has 1 saturated heterocycles. The van der Waals surface area contributed by atoms with Crippen molar-refractivity contribution in [2.75, 3.05) is 77.1 Å². The normalized spacial score (nSPS) is 20.8. The van der Waals surface area contributed by atoms with E-state index in [2.05, 4.69) is 117 Å². The third-order valence-electron chi connectivity index (χ3n) is 13.3. The van der Waals surface area contributed by atoms with E-state index in [4.69, 9.17) is 14.2 Å². The first-order valence-corrected chi connectivity index (χ1v) is 23.1. The van der Waals surface area contributed by atoms with Gasteiger partial charge < -0.3 is 34.4 Å². The lowest BCUT2D eigenvalue weighted by Crippen LogP contribution is -2.43. The molecule has 63 heavy (non-hydrogen) atoms. The van der Waals surface area contributed by atoms with Gasteiger partial charge in [0.15, 0.2) is 0 Å². The van der Waals surface area contributed by atoms with Crippen LogP contribution in [0.2, 0.25) is 0 Å². The quantitative estimate of drug-likeness (QED) is 0.0993. The SMILES string of the molecule is OC(COc1ccc(OCC(O)CN2Cc3ccccc3C(c3cccc(N4CCCC(OCC(O)CN5CCc6ccccc6C5)C4)c3)C2)cc1)CN1CCc2ccccc2C1. The first kappa shape index (κ1) is 43.5. The van der Waals surface area contributed by atoms with Crippen LogP contribution in [0.4, 0.5) is 5.69 Å². The molecule has 5 aromatic carbocycles. The molecule has 0 bridgehead atoms. The topological polar surface area (TPSA) is 101 Å². The fourth-order valence-electron chi connectivity index (χ4n) is 10.1. The number of β-amino-alcohol motifs (C(OH)–C–C–N with tert-alkyl or cyclic N) is 3. The van der Waals surface area contributed by atoms with E-state index in [1.54, 1.807) is 0 Å². The zero-order valence-electron chi connectivity index (χ0n) is 36.5. The van der Waals surface area contributed by atoms with Crippen LogP contribution < -0.4 is 14.4 Å². The number of nitrogens with zero attached hydrogens (tertiary/aromatic N) is 4. The second-order valence-electron chi connectivity index (χ2n) is 18.1. The van der Waals surface area contributed by atoms with Crippen LogP contribution in [0.3, 0.4) is 0 Å². The Bertz CT molecular complexity index is 2240. The van der Waals surface area contributed by atoms with Crippen molar-refractivity contribution in [2.45, 2.75) is 75.7 Å². The highest BCUT2D eigenvalue weighted by atomic mass is 16.5. The van der Waals surface area contributed by atoms with Crippen molar-refractivity contribution in [3.63, 3.8) is 0 Å². The van der Waals surface area contributed by atoms with Crippen molar-refractivity contribution in [1.29, 1.82) is 0 Å². The Morgan fingerprint density at radius 1 is 0.524 bits per heavy atom. The summed E-state index contributed by atoms with van der Waals surface area (Å²) >= 11 is 0. The van der Waals surface area contributed by atoms with E-state index < -0.39 is 18.3 Å². The van der Waals surface area contributed by atoms with Crippen LogP contribution in [0.5, 0.6) is 11.5 Å². The first-order chi connectivity index (χ1) is 30.9. The highest BCUT2D eigenvalue weighted by molar-refractivity contribution is 5.52. The van der Waals surface area contributed by atoms with Gasteiger partial charge in [-0.1, -0.05) is 84.9 Å². The van der Waals surface area contributed by atoms with Gasteiger partial charge in [0.2, 0.25) is 0 Å². The Kier molecular flexibility index (Phi) is 14.4. The number of rotatable bonds is 17. The Morgan fingerprint density at radius 2 is 1.06 bits per heavy atom. The van der Waals surface area contributed by atoms with Gasteiger partial charge in [-0.25, -0.2) is 0 Å². The molecule has 5 aromatic rings. The summed E-state index contributed by atoms with van der Waals surface area (Å²) in [5.74, 6) is 1.50. The van der Waals surface area contributed by atoms with Gasteiger partial charge in [0.25, 0.3) is 0 Å². The van der Waals surface area contributed by atoms with E-state index in [9.17, 15) is 15.3 Å². The van der Waals surface area contributed by atoms with Crippen molar-refractivity contribution in [2.24, 2.45) is 0 Å². The van der Waals surface area contributed by atoms with Crippen LogP contribution in [0.1, 0.15) is 57.7 Å². The smallest absolute Gasteiger partial charge is 0.119 e. The molecule has 5 atom stereocenters. The number of anilines is 1. The molecular formula is C53H64N4O6. The maximum Gasteiger partial charge on any atom is 0.119 e. The minimum absolute atomic E-state index is 0.0772. The van der Waals surface area contributed by atoms with E-state index >= 15 is 0 Å². The number of aliphatic hydroxyl groups is 3. The van der Waals surface area contributed by atoms with Gasteiger partial charge in [0.05, 0.1) is 18.8 Å². The molecule has 1 fully saturated rings. The van der Waals surface area contributed by atoms with Crippen LogP contribution in [0.15, 0.2) is 121 Å². The first-order valence-electron chi connectivity index (χ1n) is 23.1. The van der Waals surface area contributed by atoms with Crippen molar-refractivity contribution >= 4 is 5.69 Å². The van der Waals surface area contributed by atoms with Crippen LogP contribution in [0, 0.1) is 0 Å². The molecule has 0 aliphatic carbocycles. The molecule has 10 heteroatoms. The second kappa shape index (κ2) is 20.8. The molecule has 0 spiro atoms. The lowest BCUT2D eigenvalue weighted by atomic mass is 9.84. The van der Waals surface area contributed by atoms with Gasteiger partial charge in [-0.05, 0) is 101 Å². The van der Waals surface area contributed by atoms with E-state index in [0.29, 0.717) is 37.7 Å². The van der Waals surface area contributed by atoms with Gasteiger partial charge in [-0.15, -0.1) is 0 Å². The third kappa shape index (κ3) is 11.5. The Labute approximate surface area is 373 Å². The van der Waals surface area contributed by atoms with Gasteiger partial charge in [-0.3, -0.25) is 14.7 Å². The summed E-state index contributed by atoms with van der Waals surface area (Å²) in [6.45, 7) is 9.44. The Morgan fingerprint density at radius 3 is 1.70 bits per heavy atom. The molecular weight excluding hydrogens is 789 g/mol. The largest absolute Gasteiger partial charge is 0.491 e. The van der Waals surface area contributed by atoms with Crippen molar-refractivity contribution in [3.05, 3.63) is 160 Å². The van der Waals surface area contributed by atoms with Crippen LogP contribution in [0.25, 0.3) is 0 Å². The van der Waals surface area contributed by atoms with Gasteiger partial charge >= 0.3 is 0 Å². The number of hydrogen-bond acceptors (Lipinski definition) is 10. The summed E-state index contributed by atoms with van der Waals surface area (Å²) in [6.07, 6.45) is 2.38. The molecule has 332 valence electrons. The number of ether oxygens (including phenoxy) is 3. The van der Waals surface area contributed by atoms with Crippen LogP contribution in [-0.4, -0.2) is 127 Å². The van der Waals surface area contributed by atoms with Crippen molar-refractivity contribution in [1.82, 2.24) is 14.7 Å². The molecule has 0 amide bonds. The summed E-state index contributed by atoms with van der Waals surface area (Å²) in [5.41, 5.74) is 10.6. The predicted octanol–water partition coefficient (Wildman–Crippen LogP) is 6.28. The number of piperidine rings is 1. The molecule has 4 aliphatic rings. The van der Waals surface area contributed by atoms with Gasteiger partial charge in [-0.2, -0.15) is 0 Å². The minimum Gasteiger partial charge on any atom is -0.491 e. The predicted molar refractivity (Wildman–Crippen MR) is 247 cm³/mol. The fourth-order valence-corrected chi connectivity index (χ4v) is 10.1. The fraction of sp³-hybridized carbons (Fsp3) is 0.434. The number of fused-ring (bicyclic) bond motifs is 3. The minimum atomic E-state index is -0.671. The molecule has 4 aliphatic heterocycles. The summed E-state index contributed by atoms with van der Waals surface area (Å²) in [4.78, 5) is 9.41. The standard InChI is InChI=1S/C53H64N4O6/c58-46(31-54-25-22-39-9-1-3-11-42(39)28-54)36-61-49-18-20-50(21-19-49)62-37-48(60)33-56-30-44-13-5-6-17-52(44)53(35-56)41-14-7-15-45(27-41)57-24-8-16-51(34-57)63-38-47(59)32-55-26-23-40-10-2-4-12-43(40)29-55/h1-7,9-15,17-21,27,46-48,51,53,58-60H,8,16,22-26,28-38H2. The lowest BCUT2D eigenvalue weighted by molar-refractivity contribution is -0.0263. The molecule has 0 radical (unpaired) electrons. The lowest BCUT2D eigenvalue weighted by Gasteiger charge is -2.37. The van der Waals surface area contributed by atoms with Crippen molar-refractivity contribution < 1.29 is 29.5 Å². The second-order valence-corrected chi connectivity index (χ2v) is 18.1. The highest BCUT2D eigenvalue weighted by Gasteiger charge is 2.29. The van der Waals surface area contributed by atoms with Crippen LogP contribution >= 0.6 is 0 Å². The molecule has 9 rings (SSSR count). The molecule has 10 nitrogen and oxygen atoms in total.